The fourth-order valence-corrected chi connectivity index (χ4v) is 2.31. The molecule has 6 heteroatoms. The van der Waals surface area contributed by atoms with E-state index in [-0.39, 0.29) is 19.3 Å². The largest absolute Gasteiger partial charge is 0.390 e. The van der Waals surface area contributed by atoms with Crippen molar-refractivity contribution in [3.05, 3.63) is 33.8 Å². The quantitative estimate of drug-likeness (QED) is 0.809. The van der Waals surface area contributed by atoms with Gasteiger partial charge in [-0.15, -0.1) is 0 Å². The smallest absolute Gasteiger partial charge is 0.389 e. The Balaban J connectivity index is 2.58. The normalized spacial score (nSPS) is 15.3. The van der Waals surface area contributed by atoms with Crippen LogP contribution in [0.4, 0.5) is 13.2 Å². The summed E-state index contributed by atoms with van der Waals surface area (Å²) in [5.74, 6) is 0. The van der Waals surface area contributed by atoms with Crippen LogP contribution in [0.15, 0.2) is 18.2 Å². The molecule has 0 fully saturated rings. The Morgan fingerprint density at radius 3 is 2.32 bits per heavy atom. The van der Waals surface area contributed by atoms with Crippen LogP contribution in [-0.4, -0.2) is 16.9 Å². The predicted octanol–water partition coefficient (Wildman–Crippen LogP) is 5.02. The third kappa shape index (κ3) is 6.50. The number of hydrogen-bond donors (Lipinski definition) is 1. The zero-order valence-corrected chi connectivity index (χ0v) is 11.9. The van der Waals surface area contributed by atoms with E-state index in [1.807, 2.05) is 0 Å². The molecule has 0 bridgehead atoms. The van der Waals surface area contributed by atoms with Gasteiger partial charge in [-0.2, -0.15) is 13.2 Å². The first kappa shape index (κ1) is 16.6. The van der Waals surface area contributed by atoms with Crippen LogP contribution in [-0.2, 0) is 6.42 Å². The molecule has 0 saturated carbocycles. The summed E-state index contributed by atoms with van der Waals surface area (Å²) in [5.41, 5.74) is -0.550. The zero-order chi connectivity index (χ0) is 14.7. The summed E-state index contributed by atoms with van der Waals surface area (Å²) in [4.78, 5) is 0. The van der Waals surface area contributed by atoms with E-state index >= 15 is 0 Å². The van der Waals surface area contributed by atoms with Gasteiger partial charge in [0.1, 0.15) is 0 Å². The fraction of sp³-hybridized carbons (Fsp3) is 0.538. The van der Waals surface area contributed by atoms with Crippen molar-refractivity contribution < 1.29 is 18.3 Å². The number of halogens is 5. The lowest BCUT2D eigenvalue weighted by Gasteiger charge is -2.24. The Labute approximate surface area is 120 Å². The predicted molar refractivity (Wildman–Crippen MR) is 70.7 cm³/mol. The molecule has 1 N–H and O–H groups in total. The van der Waals surface area contributed by atoms with Crippen LogP contribution in [0.25, 0.3) is 0 Å². The summed E-state index contributed by atoms with van der Waals surface area (Å²) in [6, 6.07) is 4.85. The highest BCUT2D eigenvalue weighted by Crippen LogP contribution is 2.29. The molecule has 0 spiro atoms. The van der Waals surface area contributed by atoms with E-state index in [0.717, 1.165) is 0 Å². The Morgan fingerprint density at radius 2 is 1.79 bits per heavy atom. The van der Waals surface area contributed by atoms with E-state index in [1.54, 1.807) is 18.2 Å². The third-order valence-corrected chi connectivity index (χ3v) is 3.35. The van der Waals surface area contributed by atoms with Gasteiger partial charge in [-0.3, -0.25) is 0 Å². The van der Waals surface area contributed by atoms with Crippen molar-refractivity contribution in [3.8, 4) is 0 Å². The molecule has 0 amide bonds. The van der Waals surface area contributed by atoms with E-state index in [0.29, 0.717) is 15.6 Å². The Bertz CT molecular complexity index is 430. The number of benzene rings is 1. The maximum absolute atomic E-state index is 12.0. The van der Waals surface area contributed by atoms with Crippen molar-refractivity contribution in [3.63, 3.8) is 0 Å². The molecule has 1 rings (SSSR count). The molecular weight excluding hydrogens is 300 g/mol. The van der Waals surface area contributed by atoms with Crippen LogP contribution in [0, 0.1) is 0 Å². The fourth-order valence-electron chi connectivity index (χ4n) is 1.83. The van der Waals surface area contributed by atoms with Gasteiger partial charge in [-0.1, -0.05) is 29.3 Å². The molecule has 0 aliphatic rings. The van der Waals surface area contributed by atoms with Crippen LogP contribution in [0.5, 0.6) is 0 Å². The summed E-state index contributed by atoms with van der Waals surface area (Å²) in [5, 5.41) is 11.0. The van der Waals surface area contributed by atoms with Crippen molar-refractivity contribution in [2.24, 2.45) is 0 Å². The van der Waals surface area contributed by atoms with E-state index < -0.39 is 18.2 Å². The van der Waals surface area contributed by atoms with E-state index in [2.05, 4.69) is 0 Å². The second-order valence-electron chi connectivity index (χ2n) is 4.88. The maximum atomic E-state index is 12.0. The third-order valence-electron chi connectivity index (χ3n) is 2.76. The molecule has 1 nitrogen and oxygen atoms in total. The highest BCUT2D eigenvalue weighted by atomic mass is 35.5. The molecule has 0 aromatic heterocycles. The number of aliphatic hydroxyl groups is 1. The lowest BCUT2D eigenvalue weighted by atomic mass is 9.91. The summed E-state index contributed by atoms with van der Waals surface area (Å²) >= 11 is 11.7. The van der Waals surface area contributed by atoms with Gasteiger partial charge in [0.2, 0.25) is 0 Å². The van der Waals surface area contributed by atoms with Crippen LogP contribution in [0.1, 0.15) is 31.7 Å². The molecule has 1 aromatic carbocycles. The van der Waals surface area contributed by atoms with Gasteiger partial charge < -0.3 is 5.11 Å². The lowest BCUT2D eigenvalue weighted by Crippen LogP contribution is -2.27. The van der Waals surface area contributed by atoms with Gasteiger partial charge in [-0.25, -0.2) is 0 Å². The summed E-state index contributed by atoms with van der Waals surface area (Å²) in [6.07, 6.45) is -4.93. The minimum absolute atomic E-state index is 0.0610. The van der Waals surface area contributed by atoms with Crippen molar-refractivity contribution in [1.29, 1.82) is 0 Å². The van der Waals surface area contributed by atoms with E-state index in [1.165, 1.54) is 6.92 Å². The molecule has 0 aliphatic carbocycles. The minimum atomic E-state index is -4.19. The van der Waals surface area contributed by atoms with E-state index in [4.69, 9.17) is 23.2 Å². The van der Waals surface area contributed by atoms with Gasteiger partial charge in [-0.05, 0) is 37.5 Å². The van der Waals surface area contributed by atoms with Gasteiger partial charge >= 0.3 is 6.18 Å². The number of alkyl halides is 3. The van der Waals surface area contributed by atoms with Crippen LogP contribution >= 0.6 is 23.2 Å². The molecule has 0 saturated heterocycles. The topological polar surface area (TPSA) is 20.2 Å². The molecule has 0 aliphatic heterocycles. The first-order chi connectivity index (χ1) is 8.59. The molecular formula is C13H15Cl2F3O. The summed E-state index contributed by atoms with van der Waals surface area (Å²) < 4.78 is 36.1. The molecule has 19 heavy (non-hydrogen) atoms. The van der Waals surface area contributed by atoms with Gasteiger partial charge in [0.15, 0.2) is 0 Å². The van der Waals surface area contributed by atoms with Gasteiger partial charge in [0.05, 0.1) is 5.60 Å². The minimum Gasteiger partial charge on any atom is -0.390 e. The van der Waals surface area contributed by atoms with Crippen LogP contribution in [0.3, 0.4) is 0 Å². The average Bonchev–Trinajstić information content (AvgIpc) is 2.20. The van der Waals surface area contributed by atoms with Crippen molar-refractivity contribution in [2.75, 3.05) is 0 Å². The highest BCUT2D eigenvalue weighted by Gasteiger charge is 2.29. The lowest BCUT2D eigenvalue weighted by molar-refractivity contribution is -0.137. The van der Waals surface area contributed by atoms with Gasteiger partial charge in [0.25, 0.3) is 0 Å². The molecule has 0 radical (unpaired) electrons. The number of hydrogen-bond acceptors (Lipinski definition) is 1. The monoisotopic (exact) mass is 314 g/mol. The second kappa shape index (κ2) is 6.33. The van der Waals surface area contributed by atoms with Crippen molar-refractivity contribution in [1.82, 2.24) is 0 Å². The van der Waals surface area contributed by atoms with Crippen LogP contribution in [0.2, 0.25) is 10.0 Å². The molecule has 108 valence electrons. The standard InChI is InChI=1S/C13H15Cl2F3O/c1-12(19,5-2-6-13(16,17)18)8-9-3-4-10(14)7-11(9)15/h3-4,7,19H,2,5-6,8H2,1H3. The Hall–Kier alpha value is -0.450. The molecule has 1 aromatic rings. The van der Waals surface area contributed by atoms with Crippen molar-refractivity contribution >= 4 is 23.2 Å². The first-order valence-corrected chi connectivity index (χ1v) is 6.58. The second-order valence-corrected chi connectivity index (χ2v) is 5.72. The highest BCUT2D eigenvalue weighted by molar-refractivity contribution is 6.35. The summed E-state index contributed by atoms with van der Waals surface area (Å²) in [7, 11) is 0. The molecule has 0 heterocycles. The number of rotatable bonds is 5. The van der Waals surface area contributed by atoms with E-state index in [9.17, 15) is 18.3 Å². The average molecular weight is 315 g/mol. The molecule has 1 unspecified atom stereocenters. The molecule has 1 atom stereocenters. The van der Waals surface area contributed by atoms with Crippen molar-refractivity contribution in [2.45, 2.75) is 44.4 Å². The Kier molecular flexibility index (Phi) is 5.53. The first-order valence-electron chi connectivity index (χ1n) is 5.82. The maximum Gasteiger partial charge on any atom is 0.389 e. The van der Waals surface area contributed by atoms with Gasteiger partial charge in [0, 0.05) is 22.9 Å². The zero-order valence-electron chi connectivity index (χ0n) is 10.4. The summed E-state index contributed by atoms with van der Waals surface area (Å²) in [6.45, 7) is 1.51. The Morgan fingerprint density at radius 1 is 1.16 bits per heavy atom. The van der Waals surface area contributed by atoms with Crippen LogP contribution < -0.4 is 0 Å². The SMILES string of the molecule is CC(O)(CCCC(F)(F)F)Cc1ccc(Cl)cc1Cl.